The average molecular weight is 297 g/mol. The maximum Gasteiger partial charge on any atom is 0.292 e. The van der Waals surface area contributed by atoms with Gasteiger partial charge in [0.2, 0.25) is 0 Å². The third-order valence-electron chi connectivity index (χ3n) is 4.11. The molecule has 1 saturated heterocycles. The van der Waals surface area contributed by atoms with Gasteiger partial charge < -0.3 is 10.2 Å². The lowest BCUT2D eigenvalue weighted by Gasteiger charge is -2.20. The SMILES string of the molecule is Cc1cccc([N+](=O)[O-])c1NC1CCN(c2ccccc2)C1. The van der Waals surface area contributed by atoms with Crippen molar-refractivity contribution in [2.45, 2.75) is 19.4 Å². The Morgan fingerprint density at radius 2 is 1.95 bits per heavy atom. The van der Waals surface area contributed by atoms with Crippen LogP contribution >= 0.6 is 0 Å². The first-order chi connectivity index (χ1) is 10.6. The van der Waals surface area contributed by atoms with E-state index in [0.29, 0.717) is 5.69 Å². The summed E-state index contributed by atoms with van der Waals surface area (Å²) < 4.78 is 0. The van der Waals surface area contributed by atoms with Crippen LogP contribution in [0.2, 0.25) is 0 Å². The maximum absolute atomic E-state index is 11.2. The van der Waals surface area contributed by atoms with Crippen LogP contribution in [0.25, 0.3) is 0 Å². The third-order valence-corrected chi connectivity index (χ3v) is 4.11. The molecule has 0 amide bonds. The minimum Gasteiger partial charge on any atom is -0.375 e. The van der Waals surface area contributed by atoms with E-state index in [1.807, 2.05) is 31.2 Å². The molecule has 1 atom stereocenters. The minimum absolute atomic E-state index is 0.151. The van der Waals surface area contributed by atoms with E-state index in [2.05, 4.69) is 22.3 Å². The van der Waals surface area contributed by atoms with E-state index in [9.17, 15) is 10.1 Å². The number of hydrogen-bond acceptors (Lipinski definition) is 4. The summed E-state index contributed by atoms with van der Waals surface area (Å²) in [6.07, 6.45) is 0.973. The van der Waals surface area contributed by atoms with Crippen LogP contribution in [0.3, 0.4) is 0 Å². The lowest BCUT2D eigenvalue weighted by molar-refractivity contribution is -0.384. The molecule has 1 heterocycles. The van der Waals surface area contributed by atoms with E-state index in [0.717, 1.165) is 25.1 Å². The molecule has 1 fully saturated rings. The second-order valence-electron chi connectivity index (χ2n) is 5.64. The number of benzene rings is 2. The highest BCUT2D eigenvalue weighted by Gasteiger charge is 2.25. The van der Waals surface area contributed by atoms with Gasteiger partial charge >= 0.3 is 0 Å². The van der Waals surface area contributed by atoms with Crippen LogP contribution in [-0.4, -0.2) is 24.1 Å². The molecule has 0 aromatic heterocycles. The summed E-state index contributed by atoms with van der Waals surface area (Å²) in [5, 5.41) is 14.6. The van der Waals surface area contributed by atoms with Crippen molar-refractivity contribution in [2.75, 3.05) is 23.3 Å². The predicted molar refractivity (Wildman–Crippen MR) is 88.5 cm³/mol. The summed E-state index contributed by atoms with van der Waals surface area (Å²) in [6.45, 7) is 3.72. The van der Waals surface area contributed by atoms with Crippen molar-refractivity contribution in [1.82, 2.24) is 0 Å². The lowest BCUT2D eigenvalue weighted by Crippen LogP contribution is -2.26. The lowest BCUT2D eigenvalue weighted by atomic mass is 10.1. The van der Waals surface area contributed by atoms with Gasteiger partial charge in [-0.1, -0.05) is 30.3 Å². The molecule has 3 rings (SSSR count). The fraction of sp³-hybridized carbons (Fsp3) is 0.294. The Bertz CT molecular complexity index is 673. The Labute approximate surface area is 129 Å². The Morgan fingerprint density at radius 1 is 1.18 bits per heavy atom. The third kappa shape index (κ3) is 2.88. The van der Waals surface area contributed by atoms with Gasteiger partial charge in [-0.3, -0.25) is 10.1 Å². The van der Waals surface area contributed by atoms with Crippen molar-refractivity contribution in [3.8, 4) is 0 Å². The monoisotopic (exact) mass is 297 g/mol. The zero-order valence-corrected chi connectivity index (χ0v) is 12.5. The van der Waals surface area contributed by atoms with E-state index < -0.39 is 0 Å². The minimum atomic E-state index is -0.320. The van der Waals surface area contributed by atoms with Gasteiger partial charge in [-0.05, 0) is 31.0 Å². The highest BCUT2D eigenvalue weighted by molar-refractivity contribution is 5.66. The van der Waals surface area contributed by atoms with Crippen LogP contribution in [-0.2, 0) is 0 Å². The summed E-state index contributed by atoms with van der Waals surface area (Å²) in [4.78, 5) is 13.2. The fourth-order valence-corrected chi connectivity index (χ4v) is 2.95. The van der Waals surface area contributed by atoms with E-state index in [-0.39, 0.29) is 16.7 Å². The molecule has 0 saturated carbocycles. The van der Waals surface area contributed by atoms with Crippen LogP contribution in [0, 0.1) is 17.0 Å². The molecule has 0 bridgehead atoms. The molecule has 1 aliphatic rings. The molecule has 0 aliphatic carbocycles. The first kappa shape index (κ1) is 14.4. The zero-order valence-electron chi connectivity index (χ0n) is 12.5. The Balaban J connectivity index is 1.75. The smallest absolute Gasteiger partial charge is 0.292 e. The molecule has 1 N–H and O–H groups in total. The molecule has 5 heteroatoms. The van der Waals surface area contributed by atoms with Gasteiger partial charge in [0, 0.05) is 30.9 Å². The van der Waals surface area contributed by atoms with E-state index >= 15 is 0 Å². The number of para-hydroxylation sites is 2. The Hall–Kier alpha value is -2.56. The Kier molecular flexibility index (Phi) is 3.96. The molecule has 2 aromatic rings. The number of nitro groups is 1. The van der Waals surface area contributed by atoms with Crippen molar-refractivity contribution in [1.29, 1.82) is 0 Å². The van der Waals surface area contributed by atoms with Crippen molar-refractivity contribution >= 4 is 17.1 Å². The Morgan fingerprint density at radius 3 is 2.68 bits per heavy atom. The van der Waals surface area contributed by atoms with Gasteiger partial charge in [0.1, 0.15) is 5.69 Å². The molecule has 5 nitrogen and oxygen atoms in total. The summed E-state index contributed by atoms with van der Waals surface area (Å²) in [6, 6.07) is 15.7. The highest BCUT2D eigenvalue weighted by atomic mass is 16.6. The topological polar surface area (TPSA) is 58.4 Å². The number of nitrogens with one attached hydrogen (secondary N) is 1. The van der Waals surface area contributed by atoms with Gasteiger partial charge in [0.05, 0.1) is 4.92 Å². The maximum atomic E-state index is 11.2. The normalized spacial score (nSPS) is 17.5. The number of anilines is 2. The van der Waals surface area contributed by atoms with Gasteiger partial charge in [-0.2, -0.15) is 0 Å². The van der Waals surface area contributed by atoms with Crippen LogP contribution in [0.4, 0.5) is 17.1 Å². The highest BCUT2D eigenvalue weighted by Crippen LogP contribution is 2.30. The van der Waals surface area contributed by atoms with Crippen LogP contribution in [0.1, 0.15) is 12.0 Å². The molecule has 2 aromatic carbocycles. The summed E-state index contributed by atoms with van der Waals surface area (Å²) in [7, 11) is 0. The fourth-order valence-electron chi connectivity index (χ4n) is 2.95. The van der Waals surface area contributed by atoms with E-state index in [4.69, 9.17) is 0 Å². The molecule has 1 aliphatic heterocycles. The van der Waals surface area contributed by atoms with Crippen molar-refractivity contribution in [2.24, 2.45) is 0 Å². The molecule has 0 radical (unpaired) electrons. The van der Waals surface area contributed by atoms with Crippen LogP contribution < -0.4 is 10.2 Å². The van der Waals surface area contributed by atoms with Gasteiger partial charge in [0.15, 0.2) is 0 Å². The first-order valence-electron chi connectivity index (χ1n) is 7.45. The molecular weight excluding hydrogens is 278 g/mol. The second kappa shape index (κ2) is 6.05. The molecule has 114 valence electrons. The molecular formula is C17H19N3O2. The number of nitro benzene ring substituents is 1. The van der Waals surface area contributed by atoms with Gasteiger partial charge in [-0.15, -0.1) is 0 Å². The average Bonchev–Trinajstić information content (AvgIpc) is 2.98. The first-order valence-corrected chi connectivity index (χ1v) is 7.45. The van der Waals surface area contributed by atoms with Crippen molar-refractivity contribution in [3.63, 3.8) is 0 Å². The van der Waals surface area contributed by atoms with Crippen molar-refractivity contribution < 1.29 is 4.92 Å². The molecule has 1 unspecified atom stereocenters. The van der Waals surface area contributed by atoms with Gasteiger partial charge in [0.25, 0.3) is 5.69 Å². The summed E-state index contributed by atoms with van der Waals surface area (Å²) in [5.41, 5.74) is 2.91. The summed E-state index contributed by atoms with van der Waals surface area (Å²) in [5.74, 6) is 0. The zero-order chi connectivity index (χ0) is 15.5. The molecule has 22 heavy (non-hydrogen) atoms. The van der Waals surface area contributed by atoms with Crippen LogP contribution in [0.5, 0.6) is 0 Å². The van der Waals surface area contributed by atoms with Gasteiger partial charge in [-0.25, -0.2) is 0 Å². The second-order valence-corrected chi connectivity index (χ2v) is 5.64. The number of rotatable bonds is 4. The standard InChI is InChI=1S/C17H19N3O2/c1-13-6-5-9-16(20(21)22)17(13)18-14-10-11-19(12-14)15-7-3-2-4-8-15/h2-9,14,18H,10-12H2,1H3. The van der Waals surface area contributed by atoms with E-state index in [1.54, 1.807) is 12.1 Å². The molecule has 0 spiro atoms. The number of nitrogens with zero attached hydrogens (tertiary/aromatic N) is 2. The van der Waals surface area contributed by atoms with Crippen molar-refractivity contribution in [3.05, 3.63) is 64.2 Å². The van der Waals surface area contributed by atoms with Crippen LogP contribution in [0.15, 0.2) is 48.5 Å². The summed E-state index contributed by atoms with van der Waals surface area (Å²) >= 11 is 0. The van der Waals surface area contributed by atoms with E-state index in [1.165, 1.54) is 5.69 Å². The number of aryl methyl sites for hydroxylation is 1. The number of hydrogen-bond donors (Lipinski definition) is 1. The predicted octanol–water partition coefficient (Wildman–Crippen LogP) is 3.59. The quantitative estimate of drug-likeness (QED) is 0.692. The largest absolute Gasteiger partial charge is 0.375 e.